The molecule has 0 aliphatic heterocycles. The Balaban J connectivity index is 1.56. The quantitative estimate of drug-likeness (QED) is 0.204. The lowest BCUT2D eigenvalue weighted by Gasteiger charge is -2.14. The molecule has 0 radical (unpaired) electrons. The van der Waals surface area contributed by atoms with E-state index in [0.717, 1.165) is 0 Å². The van der Waals surface area contributed by atoms with Crippen molar-refractivity contribution in [1.82, 2.24) is 0 Å². The van der Waals surface area contributed by atoms with Crippen molar-refractivity contribution < 1.29 is 38.1 Å². The van der Waals surface area contributed by atoms with Crippen LogP contribution in [0, 0.1) is 0 Å². The fraction of sp³-hybridized carbons (Fsp3) is 0. The molecule has 4 aromatic rings. The van der Waals surface area contributed by atoms with Gasteiger partial charge in [-0.3, -0.25) is 0 Å². The van der Waals surface area contributed by atoms with Crippen molar-refractivity contribution in [2.24, 2.45) is 0 Å². The summed E-state index contributed by atoms with van der Waals surface area (Å²) in [6.07, 6.45) is 0. The van der Waals surface area contributed by atoms with E-state index in [4.69, 9.17) is 12.9 Å². The summed E-state index contributed by atoms with van der Waals surface area (Å²) in [5.41, 5.74) is 6.62. The Hall–Kier alpha value is -3.99. The van der Waals surface area contributed by atoms with Crippen LogP contribution in [-0.2, 0) is 43.2 Å². The first-order chi connectivity index (χ1) is 18.6. The lowest BCUT2D eigenvalue weighted by molar-refractivity contribution is 0.388. The van der Waals surface area contributed by atoms with Crippen LogP contribution in [0.3, 0.4) is 0 Å². The number of hydrogen-bond donors (Lipinski definition) is 3. The van der Waals surface area contributed by atoms with Crippen molar-refractivity contribution in [2.45, 2.75) is 14.7 Å². The maximum atomic E-state index is 12.5. The Kier molecular flexibility index (Phi) is 8.49. The monoisotopic (exact) mass is 591 g/mol. The molecule has 0 spiro atoms. The van der Waals surface area contributed by atoms with Crippen molar-refractivity contribution in [1.29, 1.82) is 0 Å². The standard InChI is InChI=1S/C24H21N3O9S3/c28-37(29,22-10-4-1-5-11-22)34-25-19-16-20(26-35-38(30,31)23-12-6-2-7-13-23)18-21(17-19)27-36-39(32,33)24-14-8-3-9-15-24/h1-18,25-27H. The predicted octanol–water partition coefficient (Wildman–Crippen LogP) is 3.88. The highest BCUT2D eigenvalue weighted by atomic mass is 32.2. The van der Waals surface area contributed by atoms with Crippen molar-refractivity contribution in [3.8, 4) is 0 Å². The predicted molar refractivity (Wildman–Crippen MR) is 141 cm³/mol. The zero-order valence-electron chi connectivity index (χ0n) is 19.8. The first kappa shape index (κ1) is 28.0. The molecule has 0 amide bonds. The molecule has 0 atom stereocenters. The van der Waals surface area contributed by atoms with E-state index < -0.39 is 30.4 Å². The highest BCUT2D eigenvalue weighted by Crippen LogP contribution is 2.26. The highest BCUT2D eigenvalue weighted by Gasteiger charge is 2.19. The summed E-state index contributed by atoms with van der Waals surface area (Å²) in [5.74, 6) is 0. The molecule has 0 unspecified atom stereocenters. The smallest absolute Gasteiger partial charge is 0.249 e. The van der Waals surface area contributed by atoms with Crippen molar-refractivity contribution in [3.63, 3.8) is 0 Å². The van der Waals surface area contributed by atoms with Gasteiger partial charge < -0.3 is 0 Å². The maximum absolute atomic E-state index is 12.5. The van der Waals surface area contributed by atoms with Gasteiger partial charge in [0.25, 0.3) is 0 Å². The van der Waals surface area contributed by atoms with E-state index in [0.29, 0.717) is 0 Å². The van der Waals surface area contributed by atoms with Crippen LogP contribution < -0.4 is 16.4 Å². The summed E-state index contributed by atoms with van der Waals surface area (Å²) in [4.78, 5) is -0.376. The normalized spacial score (nSPS) is 12.0. The molecule has 0 fully saturated rings. The van der Waals surface area contributed by atoms with Crippen LogP contribution in [0.1, 0.15) is 0 Å². The third-order valence-corrected chi connectivity index (χ3v) is 8.29. The van der Waals surface area contributed by atoms with E-state index in [2.05, 4.69) is 16.4 Å². The second-order valence-electron chi connectivity index (χ2n) is 7.66. The van der Waals surface area contributed by atoms with E-state index in [9.17, 15) is 25.3 Å². The van der Waals surface area contributed by atoms with Crippen molar-refractivity contribution in [3.05, 3.63) is 109 Å². The Morgan fingerprint density at radius 2 is 0.615 bits per heavy atom. The third-order valence-electron chi connectivity index (χ3n) is 4.84. The van der Waals surface area contributed by atoms with E-state index in [1.165, 1.54) is 91.0 Å². The molecular weight excluding hydrogens is 570 g/mol. The van der Waals surface area contributed by atoms with E-state index >= 15 is 0 Å². The molecule has 39 heavy (non-hydrogen) atoms. The number of hydrogen-bond acceptors (Lipinski definition) is 12. The largest absolute Gasteiger partial charge is 0.317 e. The van der Waals surface area contributed by atoms with Gasteiger partial charge in [-0.2, -0.15) is 25.3 Å². The van der Waals surface area contributed by atoms with Gasteiger partial charge in [0.1, 0.15) is 0 Å². The zero-order valence-corrected chi connectivity index (χ0v) is 22.2. The summed E-state index contributed by atoms with van der Waals surface area (Å²) >= 11 is 0. The summed E-state index contributed by atoms with van der Waals surface area (Å²) in [5, 5.41) is 0. The first-order valence-corrected chi connectivity index (χ1v) is 15.2. The lowest BCUT2D eigenvalue weighted by atomic mass is 10.2. The highest BCUT2D eigenvalue weighted by molar-refractivity contribution is 7.87. The molecular formula is C24H21N3O9S3. The van der Waals surface area contributed by atoms with Gasteiger partial charge in [0, 0.05) is 0 Å². The Morgan fingerprint density at radius 3 is 0.846 bits per heavy atom. The van der Waals surface area contributed by atoms with Gasteiger partial charge in [0.15, 0.2) is 0 Å². The molecule has 204 valence electrons. The Labute approximate surface area is 225 Å². The van der Waals surface area contributed by atoms with Gasteiger partial charge >= 0.3 is 30.4 Å². The molecule has 12 nitrogen and oxygen atoms in total. The topological polar surface area (TPSA) is 166 Å². The molecule has 4 rings (SSSR count). The van der Waals surface area contributed by atoms with E-state index in [-0.39, 0.29) is 31.7 Å². The second kappa shape index (κ2) is 11.8. The Morgan fingerprint density at radius 1 is 0.385 bits per heavy atom. The lowest BCUT2D eigenvalue weighted by Crippen LogP contribution is -2.15. The van der Waals surface area contributed by atoms with Crippen LogP contribution >= 0.6 is 0 Å². The van der Waals surface area contributed by atoms with Gasteiger partial charge in [0.05, 0.1) is 31.7 Å². The van der Waals surface area contributed by atoms with Gasteiger partial charge in [-0.1, -0.05) is 54.6 Å². The molecule has 0 saturated carbocycles. The second-order valence-corrected chi connectivity index (χ2v) is 12.3. The number of nitrogens with one attached hydrogen (secondary N) is 3. The molecule has 0 aliphatic rings. The summed E-state index contributed by atoms with van der Waals surface area (Å²) in [6, 6.07) is 25.7. The summed E-state index contributed by atoms with van der Waals surface area (Å²) in [7, 11) is -12.7. The molecule has 3 N–H and O–H groups in total. The molecule has 0 aliphatic carbocycles. The molecule has 0 heterocycles. The average molecular weight is 592 g/mol. The number of rotatable bonds is 12. The van der Waals surface area contributed by atoms with Gasteiger partial charge in [-0.05, 0) is 54.6 Å². The van der Waals surface area contributed by atoms with Crippen LogP contribution in [0.15, 0.2) is 124 Å². The maximum Gasteiger partial charge on any atom is 0.317 e. The van der Waals surface area contributed by atoms with Crippen LogP contribution in [0.5, 0.6) is 0 Å². The van der Waals surface area contributed by atoms with Crippen LogP contribution in [0.2, 0.25) is 0 Å². The molecule has 0 bridgehead atoms. The van der Waals surface area contributed by atoms with Crippen molar-refractivity contribution in [2.75, 3.05) is 16.4 Å². The average Bonchev–Trinajstić information content (AvgIpc) is 2.95. The summed E-state index contributed by atoms with van der Waals surface area (Å²) in [6.45, 7) is 0. The third kappa shape index (κ3) is 7.53. The van der Waals surface area contributed by atoms with Gasteiger partial charge in [-0.25, -0.2) is 16.4 Å². The minimum absolute atomic E-state index is 0.0385. The summed E-state index contributed by atoms with van der Waals surface area (Å²) < 4.78 is 89.5. The van der Waals surface area contributed by atoms with Crippen LogP contribution in [0.4, 0.5) is 17.1 Å². The fourth-order valence-electron chi connectivity index (χ4n) is 3.02. The number of anilines is 3. The molecule has 15 heteroatoms. The zero-order chi connectivity index (χ0) is 27.9. The van der Waals surface area contributed by atoms with E-state index in [1.54, 1.807) is 18.2 Å². The van der Waals surface area contributed by atoms with Gasteiger partial charge in [0.2, 0.25) is 0 Å². The Bertz CT molecular complexity index is 1520. The van der Waals surface area contributed by atoms with E-state index in [1.807, 2.05) is 0 Å². The van der Waals surface area contributed by atoms with Gasteiger partial charge in [-0.15, -0.1) is 12.9 Å². The van der Waals surface area contributed by atoms with Crippen molar-refractivity contribution >= 4 is 47.4 Å². The molecule has 0 aromatic heterocycles. The minimum atomic E-state index is -4.23. The van der Waals surface area contributed by atoms with Crippen LogP contribution in [0.25, 0.3) is 0 Å². The molecule has 4 aromatic carbocycles. The fourth-order valence-corrected chi connectivity index (χ4v) is 5.40. The first-order valence-electron chi connectivity index (χ1n) is 10.9. The SMILES string of the molecule is O=S(=O)(ONc1cc(NOS(=O)(=O)c2ccccc2)cc(NOS(=O)(=O)c2ccccc2)c1)c1ccccc1. The van der Waals surface area contributed by atoms with Crippen LogP contribution in [-0.4, -0.2) is 25.3 Å². The minimum Gasteiger partial charge on any atom is -0.249 e. The number of benzene rings is 4. The molecule has 0 saturated heterocycles.